The lowest BCUT2D eigenvalue weighted by Crippen LogP contribution is -2.40. The smallest absolute Gasteiger partial charge is 0.332 e. The van der Waals surface area contributed by atoms with Gasteiger partial charge in [-0.2, -0.15) is 0 Å². The van der Waals surface area contributed by atoms with E-state index in [-0.39, 0.29) is 19.3 Å². The van der Waals surface area contributed by atoms with E-state index in [1.807, 2.05) is 44.2 Å². The van der Waals surface area contributed by atoms with Crippen molar-refractivity contribution in [2.75, 3.05) is 6.61 Å². The normalized spacial score (nSPS) is 11.3. The monoisotopic (exact) mass is 383 g/mol. The minimum absolute atomic E-state index is 0.0853. The maximum atomic E-state index is 13.2. The molecule has 0 saturated heterocycles. The van der Waals surface area contributed by atoms with Crippen molar-refractivity contribution in [2.45, 2.75) is 39.3 Å². The molecule has 0 aliphatic heterocycles. The Bertz CT molecular complexity index is 1080. The predicted octanol–water partition coefficient (Wildman–Crippen LogP) is 1.86. The van der Waals surface area contributed by atoms with E-state index in [1.54, 1.807) is 13.2 Å². The first kappa shape index (κ1) is 19.8. The maximum Gasteiger partial charge on any atom is 0.332 e. The summed E-state index contributed by atoms with van der Waals surface area (Å²) < 4.78 is 8.47. The quantitative estimate of drug-likeness (QED) is 0.673. The van der Waals surface area contributed by atoms with Crippen LogP contribution in [0.15, 0.2) is 46.1 Å². The molecule has 2 aromatic heterocycles. The molecule has 0 spiro atoms. The third-order valence-electron chi connectivity index (χ3n) is 4.55. The number of aromatic nitrogens is 3. The van der Waals surface area contributed by atoms with Crippen molar-refractivity contribution >= 4 is 11.0 Å². The number of aliphatic hydroxyl groups is 1. The Morgan fingerprint density at radius 3 is 2.54 bits per heavy atom. The molecule has 0 radical (unpaired) electrons. The van der Waals surface area contributed by atoms with Crippen LogP contribution in [0.5, 0.6) is 5.75 Å². The summed E-state index contributed by atoms with van der Waals surface area (Å²) in [6, 6.07) is 9.79. The third-order valence-corrected chi connectivity index (χ3v) is 4.55. The van der Waals surface area contributed by atoms with Gasteiger partial charge in [0.25, 0.3) is 5.56 Å². The first-order valence-electron chi connectivity index (χ1n) is 9.37. The van der Waals surface area contributed by atoms with Crippen LogP contribution in [0.3, 0.4) is 0 Å². The van der Waals surface area contributed by atoms with Crippen LogP contribution >= 0.6 is 0 Å². The summed E-state index contributed by atoms with van der Waals surface area (Å²) in [5, 5.41) is 9.50. The van der Waals surface area contributed by atoms with Gasteiger partial charge in [-0.25, -0.2) is 9.78 Å². The molecule has 148 valence electrons. The number of aliphatic hydroxyl groups excluding tert-OH is 1. The number of pyridine rings is 1. The number of hydrogen-bond acceptors (Lipinski definition) is 5. The number of nitrogens with zero attached hydrogens (tertiary/aromatic N) is 3. The molecule has 0 unspecified atom stereocenters. The highest BCUT2D eigenvalue weighted by atomic mass is 16.5. The summed E-state index contributed by atoms with van der Waals surface area (Å²) in [5.74, 6) is 0.538. The highest BCUT2D eigenvalue weighted by Crippen LogP contribution is 2.27. The minimum Gasteiger partial charge on any atom is -0.489 e. The number of fused-ring (bicyclic) bond motifs is 1. The molecule has 1 N–H and O–H groups in total. The van der Waals surface area contributed by atoms with Gasteiger partial charge in [0.1, 0.15) is 11.4 Å². The van der Waals surface area contributed by atoms with Crippen LogP contribution in [0, 0.1) is 0 Å². The van der Waals surface area contributed by atoms with E-state index in [4.69, 9.17) is 9.84 Å². The number of rotatable bonds is 7. The molecule has 1 aromatic carbocycles. The topological polar surface area (TPSA) is 86.3 Å². The van der Waals surface area contributed by atoms with E-state index < -0.39 is 11.2 Å². The molecule has 0 amide bonds. The molecule has 3 rings (SSSR count). The molecule has 0 aliphatic carbocycles. The van der Waals surface area contributed by atoms with E-state index >= 15 is 0 Å². The molecule has 0 bridgehead atoms. The Morgan fingerprint density at radius 1 is 1.18 bits per heavy atom. The maximum absolute atomic E-state index is 13.2. The largest absolute Gasteiger partial charge is 0.489 e. The second-order valence-corrected chi connectivity index (χ2v) is 7.00. The summed E-state index contributed by atoms with van der Waals surface area (Å²) in [4.78, 5) is 30.2. The Morgan fingerprint density at radius 2 is 1.89 bits per heavy atom. The molecule has 2 heterocycles. The average Bonchev–Trinajstić information content (AvgIpc) is 2.68. The van der Waals surface area contributed by atoms with Gasteiger partial charge < -0.3 is 9.84 Å². The van der Waals surface area contributed by atoms with Gasteiger partial charge in [0.15, 0.2) is 0 Å². The lowest BCUT2D eigenvalue weighted by molar-refractivity contribution is 0.239. The fraction of sp³-hybridized carbons (Fsp3) is 0.381. The van der Waals surface area contributed by atoms with Gasteiger partial charge in [0, 0.05) is 32.2 Å². The number of hydrogen-bond donors (Lipinski definition) is 1. The molecule has 28 heavy (non-hydrogen) atoms. The van der Waals surface area contributed by atoms with Gasteiger partial charge in [-0.1, -0.05) is 30.3 Å². The van der Waals surface area contributed by atoms with Crippen molar-refractivity contribution in [1.29, 1.82) is 0 Å². The van der Waals surface area contributed by atoms with Gasteiger partial charge in [-0.3, -0.25) is 13.9 Å². The highest BCUT2D eigenvalue weighted by Gasteiger charge is 2.20. The van der Waals surface area contributed by atoms with Crippen LogP contribution in [0.1, 0.15) is 31.4 Å². The molecular formula is C21H25N3O4. The number of aryl methyl sites for hydroxylation is 1. The third kappa shape index (κ3) is 3.84. The van der Waals surface area contributed by atoms with Gasteiger partial charge >= 0.3 is 5.69 Å². The minimum atomic E-state index is -0.443. The van der Waals surface area contributed by atoms with Gasteiger partial charge in [-0.05, 0) is 25.8 Å². The van der Waals surface area contributed by atoms with Gasteiger partial charge in [0.2, 0.25) is 0 Å². The van der Waals surface area contributed by atoms with Crippen molar-refractivity contribution in [3.63, 3.8) is 0 Å². The summed E-state index contributed by atoms with van der Waals surface area (Å²) in [6.07, 6.45) is 2.30. The molecular weight excluding hydrogens is 358 g/mol. The van der Waals surface area contributed by atoms with Crippen molar-refractivity contribution in [2.24, 2.45) is 7.05 Å². The number of benzene rings is 1. The standard InChI is InChI=1S/C21H25N3O4/c1-14(2)28-17-13-22-19-18(16(17)12-15-8-5-4-6-9-15)20(26)24(10-7-11-25)21(27)23(19)3/h4-6,8-9,13-14,25H,7,10-12H2,1-3H3. The summed E-state index contributed by atoms with van der Waals surface area (Å²) in [7, 11) is 1.60. The lowest BCUT2D eigenvalue weighted by Gasteiger charge is -2.18. The van der Waals surface area contributed by atoms with Crippen LogP contribution in [0.25, 0.3) is 11.0 Å². The fourth-order valence-electron chi connectivity index (χ4n) is 3.25. The zero-order valence-corrected chi connectivity index (χ0v) is 16.4. The highest BCUT2D eigenvalue weighted by molar-refractivity contribution is 5.81. The van der Waals surface area contributed by atoms with E-state index in [1.165, 1.54) is 4.57 Å². The molecule has 0 saturated carbocycles. The second-order valence-electron chi connectivity index (χ2n) is 7.00. The molecule has 0 aliphatic rings. The first-order valence-corrected chi connectivity index (χ1v) is 9.37. The van der Waals surface area contributed by atoms with Crippen LogP contribution in [0.2, 0.25) is 0 Å². The molecule has 0 fully saturated rings. The SMILES string of the molecule is CC(C)Oc1cnc2c(c1Cc1ccccc1)c(=O)n(CCCO)c(=O)n2C. The Hall–Kier alpha value is -2.93. The summed E-state index contributed by atoms with van der Waals surface area (Å²) in [5.41, 5.74) is 1.22. The Labute approximate surface area is 162 Å². The van der Waals surface area contributed by atoms with Crippen molar-refractivity contribution in [3.8, 4) is 5.75 Å². The van der Waals surface area contributed by atoms with Crippen LogP contribution in [-0.2, 0) is 20.0 Å². The molecule has 0 atom stereocenters. The molecule has 3 aromatic rings. The molecule has 7 nitrogen and oxygen atoms in total. The van der Waals surface area contributed by atoms with E-state index in [0.29, 0.717) is 35.2 Å². The molecule has 7 heteroatoms. The summed E-state index contributed by atoms with van der Waals surface area (Å²) in [6.45, 7) is 3.88. The van der Waals surface area contributed by atoms with Crippen LogP contribution in [0.4, 0.5) is 0 Å². The fourth-order valence-corrected chi connectivity index (χ4v) is 3.25. The summed E-state index contributed by atoms with van der Waals surface area (Å²) >= 11 is 0. The average molecular weight is 383 g/mol. The predicted molar refractivity (Wildman–Crippen MR) is 108 cm³/mol. The lowest BCUT2D eigenvalue weighted by atomic mass is 10.0. The van der Waals surface area contributed by atoms with Gasteiger partial charge in [0.05, 0.1) is 17.7 Å². The van der Waals surface area contributed by atoms with Crippen LogP contribution in [-0.4, -0.2) is 31.9 Å². The van der Waals surface area contributed by atoms with E-state index in [0.717, 1.165) is 10.1 Å². The van der Waals surface area contributed by atoms with Gasteiger partial charge in [-0.15, -0.1) is 0 Å². The van der Waals surface area contributed by atoms with Crippen molar-refractivity contribution in [1.82, 2.24) is 14.1 Å². The first-order chi connectivity index (χ1) is 13.4. The zero-order chi connectivity index (χ0) is 20.3. The second kappa shape index (κ2) is 8.39. The Kier molecular flexibility index (Phi) is 5.94. The zero-order valence-electron chi connectivity index (χ0n) is 16.4. The number of ether oxygens (including phenoxy) is 1. The van der Waals surface area contributed by atoms with Crippen LogP contribution < -0.4 is 16.0 Å². The van der Waals surface area contributed by atoms with E-state index in [9.17, 15) is 9.59 Å². The Balaban J connectivity index is 2.32. The van der Waals surface area contributed by atoms with Crippen molar-refractivity contribution < 1.29 is 9.84 Å². The van der Waals surface area contributed by atoms with E-state index in [2.05, 4.69) is 4.98 Å². The van der Waals surface area contributed by atoms with Crippen molar-refractivity contribution in [3.05, 3.63) is 68.5 Å².